The molecular weight excluding hydrogens is 308 g/mol. The number of rotatable bonds is 3. The summed E-state index contributed by atoms with van der Waals surface area (Å²) >= 11 is 0. The van der Waals surface area contributed by atoms with E-state index in [4.69, 9.17) is 4.74 Å². The molecule has 1 unspecified atom stereocenters. The zero-order valence-corrected chi connectivity index (χ0v) is 13.6. The predicted octanol–water partition coefficient (Wildman–Crippen LogP) is 1.51. The second-order valence-corrected chi connectivity index (χ2v) is 5.82. The van der Waals surface area contributed by atoms with E-state index in [0.29, 0.717) is 25.4 Å². The van der Waals surface area contributed by atoms with E-state index >= 15 is 0 Å². The van der Waals surface area contributed by atoms with Gasteiger partial charge in [-0.15, -0.1) is 0 Å². The Morgan fingerprint density at radius 1 is 1.42 bits per heavy atom. The number of esters is 1. The largest absolute Gasteiger partial charge is 0.461 e. The zero-order chi connectivity index (χ0) is 16.7. The van der Waals surface area contributed by atoms with Crippen LogP contribution in [-0.2, 0) is 17.8 Å². The average Bonchev–Trinajstić information content (AvgIpc) is 3.19. The van der Waals surface area contributed by atoms with Crippen molar-refractivity contribution in [3.63, 3.8) is 0 Å². The first-order chi connectivity index (χ1) is 11.7. The lowest BCUT2D eigenvalue weighted by atomic mass is 10.2. The average molecular weight is 326 g/mol. The number of nitrogens with zero attached hydrogens (tertiary/aromatic N) is 6. The van der Waals surface area contributed by atoms with Crippen molar-refractivity contribution in [2.45, 2.75) is 33.0 Å². The molecule has 3 aromatic heterocycles. The molecule has 0 radical (unpaired) electrons. The Hall–Kier alpha value is -2.90. The SMILES string of the molecule is CCOC(=O)c1cc2n(n1)CC(C)N(c1ccn3nccc3n1)C2. The Balaban J connectivity index is 1.64. The minimum Gasteiger partial charge on any atom is -0.461 e. The summed E-state index contributed by atoms with van der Waals surface area (Å²) in [5.74, 6) is 0.512. The molecule has 8 heteroatoms. The topological polar surface area (TPSA) is 77.6 Å². The Bertz CT molecular complexity index is 899. The molecule has 0 bridgehead atoms. The number of anilines is 1. The second kappa shape index (κ2) is 5.63. The van der Waals surface area contributed by atoms with Crippen LogP contribution in [0, 0.1) is 0 Å². The molecule has 0 spiro atoms. The Kier molecular flexibility index (Phi) is 3.44. The third-order valence-electron chi connectivity index (χ3n) is 4.19. The van der Waals surface area contributed by atoms with Gasteiger partial charge >= 0.3 is 5.97 Å². The van der Waals surface area contributed by atoms with Gasteiger partial charge in [0.05, 0.1) is 31.6 Å². The third kappa shape index (κ3) is 2.40. The van der Waals surface area contributed by atoms with Crippen molar-refractivity contribution in [2.24, 2.45) is 0 Å². The summed E-state index contributed by atoms with van der Waals surface area (Å²) < 4.78 is 8.65. The highest BCUT2D eigenvalue weighted by molar-refractivity contribution is 5.87. The Morgan fingerprint density at radius 2 is 2.29 bits per heavy atom. The van der Waals surface area contributed by atoms with Crippen LogP contribution in [0.3, 0.4) is 0 Å². The van der Waals surface area contributed by atoms with Crippen LogP contribution >= 0.6 is 0 Å². The third-order valence-corrected chi connectivity index (χ3v) is 4.19. The predicted molar refractivity (Wildman–Crippen MR) is 86.8 cm³/mol. The lowest BCUT2D eigenvalue weighted by molar-refractivity contribution is 0.0518. The molecule has 0 aromatic carbocycles. The van der Waals surface area contributed by atoms with Crippen LogP contribution in [0.15, 0.2) is 30.6 Å². The highest BCUT2D eigenvalue weighted by Gasteiger charge is 2.27. The fourth-order valence-corrected chi connectivity index (χ4v) is 2.99. The van der Waals surface area contributed by atoms with Crippen LogP contribution in [-0.4, -0.2) is 43.0 Å². The number of fused-ring (bicyclic) bond motifs is 2. The standard InChI is InChI=1S/C16H18N6O2/c1-3-24-16(23)13-8-12-10-20(11(2)9-22(12)19-13)14-5-7-21-15(18-14)4-6-17-21/h4-8,11H,3,9-10H2,1-2H3. The molecule has 4 rings (SSSR count). The van der Waals surface area contributed by atoms with Gasteiger partial charge < -0.3 is 9.64 Å². The van der Waals surface area contributed by atoms with Crippen molar-refractivity contribution in [2.75, 3.05) is 11.5 Å². The van der Waals surface area contributed by atoms with E-state index in [2.05, 4.69) is 27.0 Å². The van der Waals surface area contributed by atoms with Crippen molar-refractivity contribution >= 4 is 17.4 Å². The fraction of sp³-hybridized carbons (Fsp3) is 0.375. The molecule has 0 N–H and O–H groups in total. The molecule has 24 heavy (non-hydrogen) atoms. The lowest BCUT2D eigenvalue weighted by Crippen LogP contribution is -2.41. The maximum absolute atomic E-state index is 11.9. The van der Waals surface area contributed by atoms with E-state index in [1.54, 1.807) is 23.7 Å². The molecule has 0 saturated heterocycles. The van der Waals surface area contributed by atoms with Crippen molar-refractivity contribution < 1.29 is 9.53 Å². The highest BCUT2D eigenvalue weighted by Crippen LogP contribution is 2.24. The number of hydrogen-bond acceptors (Lipinski definition) is 6. The summed E-state index contributed by atoms with van der Waals surface area (Å²) in [7, 11) is 0. The van der Waals surface area contributed by atoms with Crippen LogP contribution in [0.2, 0.25) is 0 Å². The molecule has 8 nitrogen and oxygen atoms in total. The quantitative estimate of drug-likeness (QED) is 0.679. The number of hydrogen-bond donors (Lipinski definition) is 0. The van der Waals surface area contributed by atoms with Crippen LogP contribution in [0.4, 0.5) is 5.82 Å². The van der Waals surface area contributed by atoms with E-state index < -0.39 is 0 Å². The Morgan fingerprint density at radius 3 is 3.12 bits per heavy atom. The van der Waals surface area contributed by atoms with E-state index in [1.165, 1.54) is 0 Å². The lowest BCUT2D eigenvalue weighted by Gasteiger charge is -2.34. The molecule has 0 saturated carbocycles. The van der Waals surface area contributed by atoms with Gasteiger partial charge in [-0.1, -0.05) is 0 Å². The summed E-state index contributed by atoms with van der Waals surface area (Å²) in [6.45, 7) is 5.59. The van der Waals surface area contributed by atoms with Crippen molar-refractivity contribution in [1.29, 1.82) is 0 Å². The van der Waals surface area contributed by atoms with Crippen molar-refractivity contribution in [3.05, 3.63) is 42.0 Å². The summed E-state index contributed by atoms with van der Waals surface area (Å²) in [6.07, 6.45) is 3.63. The Labute approximate surface area is 138 Å². The number of carbonyl (C=O) groups is 1. The van der Waals surface area contributed by atoms with Gasteiger partial charge in [-0.3, -0.25) is 4.68 Å². The second-order valence-electron chi connectivity index (χ2n) is 5.82. The molecule has 4 heterocycles. The van der Waals surface area contributed by atoms with Crippen LogP contribution < -0.4 is 4.90 Å². The van der Waals surface area contributed by atoms with Gasteiger partial charge in [0.25, 0.3) is 0 Å². The van der Waals surface area contributed by atoms with Crippen LogP contribution in [0.5, 0.6) is 0 Å². The van der Waals surface area contributed by atoms with Crippen LogP contribution in [0.25, 0.3) is 5.65 Å². The zero-order valence-electron chi connectivity index (χ0n) is 13.6. The molecule has 1 aliphatic heterocycles. The highest BCUT2D eigenvalue weighted by atomic mass is 16.5. The molecule has 3 aromatic rings. The number of aromatic nitrogens is 5. The van der Waals surface area contributed by atoms with E-state index in [0.717, 1.165) is 17.2 Å². The molecule has 124 valence electrons. The minimum atomic E-state index is -0.377. The summed E-state index contributed by atoms with van der Waals surface area (Å²) in [5.41, 5.74) is 2.15. The maximum atomic E-state index is 11.9. The molecule has 1 aliphatic rings. The van der Waals surface area contributed by atoms with E-state index in [-0.39, 0.29) is 12.0 Å². The van der Waals surface area contributed by atoms with E-state index in [9.17, 15) is 4.79 Å². The fourth-order valence-electron chi connectivity index (χ4n) is 2.99. The minimum absolute atomic E-state index is 0.213. The molecule has 0 amide bonds. The van der Waals surface area contributed by atoms with Crippen molar-refractivity contribution in [1.82, 2.24) is 24.4 Å². The number of ether oxygens (including phenoxy) is 1. The smallest absolute Gasteiger partial charge is 0.358 e. The monoisotopic (exact) mass is 326 g/mol. The van der Waals surface area contributed by atoms with Gasteiger partial charge in [-0.25, -0.2) is 14.3 Å². The summed E-state index contributed by atoms with van der Waals surface area (Å²) in [4.78, 5) is 18.7. The normalized spacial score (nSPS) is 17.1. The van der Waals surface area contributed by atoms with Gasteiger partial charge in [0.15, 0.2) is 11.3 Å². The molecule has 1 atom stereocenters. The van der Waals surface area contributed by atoms with Gasteiger partial charge in [-0.05, 0) is 26.0 Å². The van der Waals surface area contributed by atoms with Crippen molar-refractivity contribution in [3.8, 4) is 0 Å². The van der Waals surface area contributed by atoms with Gasteiger partial charge in [0.2, 0.25) is 0 Å². The molecular formula is C16H18N6O2. The van der Waals surface area contributed by atoms with Crippen LogP contribution in [0.1, 0.15) is 30.0 Å². The summed E-state index contributed by atoms with van der Waals surface area (Å²) in [6, 6.07) is 5.84. The molecule has 0 aliphatic carbocycles. The van der Waals surface area contributed by atoms with E-state index in [1.807, 2.05) is 23.0 Å². The number of carbonyl (C=O) groups excluding carboxylic acids is 1. The van der Waals surface area contributed by atoms with Gasteiger partial charge in [-0.2, -0.15) is 10.2 Å². The first-order valence-corrected chi connectivity index (χ1v) is 7.96. The van der Waals surface area contributed by atoms with Gasteiger partial charge in [0, 0.05) is 18.3 Å². The maximum Gasteiger partial charge on any atom is 0.358 e. The van der Waals surface area contributed by atoms with Gasteiger partial charge in [0.1, 0.15) is 5.82 Å². The first-order valence-electron chi connectivity index (χ1n) is 7.96. The summed E-state index contributed by atoms with van der Waals surface area (Å²) in [5, 5.41) is 8.54. The molecule has 0 fully saturated rings. The first kappa shape index (κ1) is 14.7.